The maximum absolute atomic E-state index is 13.3. The van der Waals surface area contributed by atoms with Gasteiger partial charge in [-0.2, -0.15) is 0 Å². The highest BCUT2D eigenvalue weighted by molar-refractivity contribution is 5.78. The molecule has 5 heteroatoms. The van der Waals surface area contributed by atoms with Gasteiger partial charge in [0.25, 0.3) is 5.56 Å². The first-order valence-corrected chi connectivity index (χ1v) is 10.4. The van der Waals surface area contributed by atoms with Gasteiger partial charge >= 0.3 is 0 Å². The lowest BCUT2D eigenvalue weighted by Gasteiger charge is -2.24. The van der Waals surface area contributed by atoms with Crippen molar-refractivity contribution in [1.82, 2.24) is 14.9 Å². The van der Waals surface area contributed by atoms with Crippen LogP contribution in [-0.4, -0.2) is 20.8 Å². The smallest absolute Gasteiger partial charge is 0.258 e. The molecule has 156 valence electrons. The number of carbonyl (C=O) groups excluding carboxylic acids is 1. The molecule has 1 amide bonds. The van der Waals surface area contributed by atoms with Gasteiger partial charge in [-0.1, -0.05) is 79.7 Å². The van der Waals surface area contributed by atoms with Crippen LogP contribution in [0.25, 0.3) is 10.9 Å². The van der Waals surface area contributed by atoms with Crippen LogP contribution < -0.4 is 5.56 Å². The normalized spacial score (nSPS) is 11.9. The molecule has 5 nitrogen and oxygen atoms in total. The first-order valence-electron chi connectivity index (χ1n) is 10.4. The molecule has 1 N–H and O–H groups in total. The zero-order chi connectivity index (χ0) is 21.6. The van der Waals surface area contributed by atoms with E-state index in [-0.39, 0.29) is 23.9 Å². The highest BCUT2D eigenvalue weighted by Gasteiger charge is 2.20. The Morgan fingerprint density at radius 3 is 2.29 bits per heavy atom. The largest absolute Gasteiger partial charge is 0.331 e. The Bertz CT molecular complexity index is 1220. The van der Waals surface area contributed by atoms with Crippen molar-refractivity contribution in [3.63, 3.8) is 0 Å². The Balaban J connectivity index is 1.59. The summed E-state index contributed by atoms with van der Waals surface area (Å²) < 4.78 is 0. The van der Waals surface area contributed by atoms with Crippen LogP contribution in [0.2, 0.25) is 0 Å². The summed E-state index contributed by atoms with van der Waals surface area (Å²) in [5.74, 6) is 0.604. The maximum atomic E-state index is 13.3. The van der Waals surface area contributed by atoms with Gasteiger partial charge < -0.3 is 9.88 Å². The summed E-state index contributed by atoms with van der Waals surface area (Å²) in [6.07, 6.45) is 0.384. The molecule has 3 aromatic carbocycles. The minimum absolute atomic E-state index is 0.0241. The van der Waals surface area contributed by atoms with Crippen molar-refractivity contribution in [2.45, 2.75) is 32.4 Å². The van der Waals surface area contributed by atoms with Crippen LogP contribution in [0.5, 0.6) is 0 Å². The van der Waals surface area contributed by atoms with Crippen molar-refractivity contribution < 1.29 is 4.79 Å². The van der Waals surface area contributed by atoms with Gasteiger partial charge in [0.1, 0.15) is 5.82 Å². The molecule has 0 aliphatic carbocycles. The molecule has 1 heterocycles. The van der Waals surface area contributed by atoms with Crippen molar-refractivity contribution in [3.05, 3.63) is 112 Å². The zero-order valence-corrected chi connectivity index (χ0v) is 17.5. The lowest BCUT2D eigenvalue weighted by molar-refractivity contribution is -0.132. The monoisotopic (exact) mass is 411 g/mol. The summed E-state index contributed by atoms with van der Waals surface area (Å²) in [6, 6.07) is 27.1. The molecule has 1 atom stereocenters. The van der Waals surface area contributed by atoms with Gasteiger partial charge in [0, 0.05) is 13.0 Å². The number of fused-ring (bicyclic) bond motifs is 1. The number of rotatable bonds is 7. The SMILES string of the molecule is CC(CC(=O)N(Cc1ccccc1)Cc1nc2ccccc2c(=O)[nH]1)c1ccccc1. The van der Waals surface area contributed by atoms with E-state index in [4.69, 9.17) is 0 Å². The average molecular weight is 412 g/mol. The lowest BCUT2D eigenvalue weighted by Crippen LogP contribution is -2.32. The fraction of sp³-hybridized carbons (Fsp3) is 0.192. The van der Waals surface area contributed by atoms with E-state index in [9.17, 15) is 9.59 Å². The molecule has 4 rings (SSSR count). The standard InChI is InChI=1S/C26H25N3O2/c1-19(21-12-6-3-7-13-21)16-25(30)29(17-20-10-4-2-5-11-20)18-24-27-23-15-9-8-14-22(23)26(31)28-24/h2-15,19H,16-18H2,1H3,(H,27,28,31). The number of H-pyrrole nitrogens is 1. The number of nitrogens with zero attached hydrogens (tertiary/aromatic N) is 2. The molecular weight excluding hydrogens is 386 g/mol. The second-order valence-electron chi connectivity index (χ2n) is 7.78. The van der Waals surface area contributed by atoms with Crippen molar-refractivity contribution in [2.75, 3.05) is 0 Å². The number of benzene rings is 3. The van der Waals surface area contributed by atoms with E-state index in [1.54, 1.807) is 11.0 Å². The van der Waals surface area contributed by atoms with Crippen LogP contribution in [0.4, 0.5) is 0 Å². The maximum Gasteiger partial charge on any atom is 0.258 e. The van der Waals surface area contributed by atoms with E-state index >= 15 is 0 Å². The summed E-state index contributed by atoms with van der Waals surface area (Å²) in [5, 5.41) is 0.546. The summed E-state index contributed by atoms with van der Waals surface area (Å²) in [6.45, 7) is 2.76. The second kappa shape index (κ2) is 9.39. The Kier molecular flexibility index (Phi) is 6.22. The molecule has 1 unspecified atom stereocenters. The van der Waals surface area contributed by atoms with Crippen molar-refractivity contribution >= 4 is 16.8 Å². The number of carbonyl (C=O) groups is 1. The van der Waals surface area contributed by atoms with Crippen LogP contribution in [0.15, 0.2) is 89.7 Å². The van der Waals surface area contributed by atoms with E-state index < -0.39 is 0 Å². The highest BCUT2D eigenvalue weighted by atomic mass is 16.2. The molecule has 0 radical (unpaired) electrons. The van der Waals surface area contributed by atoms with Gasteiger partial charge in [-0.05, 0) is 29.2 Å². The summed E-state index contributed by atoms with van der Waals surface area (Å²) in [7, 11) is 0. The summed E-state index contributed by atoms with van der Waals surface area (Å²) in [4.78, 5) is 35.0. The van der Waals surface area contributed by atoms with Crippen LogP contribution >= 0.6 is 0 Å². The number of aromatic nitrogens is 2. The first kappa shape index (κ1) is 20.5. The number of nitrogens with one attached hydrogen (secondary N) is 1. The summed E-state index contributed by atoms with van der Waals surface area (Å²) >= 11 is 0. The van der Waals surface area contributed by atoms with Gasteiger partial charge in [0.05, 0.1) is 17.4 Å². The molecule has 4 aromatic rings. The Labute approximate surface area is 181 Å². The van der Waals surface area contributed by atoms with Gasteiger partial charge in [-0.3, -0.25) is 9.59 Å². The van der Waals surface area contributed by atoms with Crippen molar-refractivity contribution in [2.24, 2.45) is 0 Å². The van der Waals surface area contributed by atoms with Crippen LogP contribution in [0.3, 0.4) is 0 Å². The molecule has 0 saturated heterocycles. The third kappa shape index (κ3) is 5.07. The van der Waals surface area contributed by atoms with E-state index in [0.29, 0.717) is 29.7 Å². The molecule has 0 aliphatic rings. The van der Waals surface area contributed by atoms with Crippen molar-refractivity contribution in [3.8, 4) is 0 Å². The van der Waals surface area contributed by atoms with Crippen LogP contribution in [0.1, 0.15) is 36.2 Å². The number of amides is 1. The Hall–Kier alpha value is -3.73. The minimum atomic E-state index is -0.189. The fourth-order valence-electron chi connectivity index (χ4n) is 3.72. The van der Waals surface area contributed by atoms with Crippen LogP contribution in [0, 0.1) is 0 Å². The third-order valence-electron chi connectivity index (χ3n) is 5.42. The topological polar surface area (TPSA) is 66.1 Å². The van der Waals surface area contributed by atoms with E-state index in [0.717, 1.165) is 11.1 Å². The van der Waals surface area contributed by atoms with Gasteiger partial charge in [0.2, 0.25) is 5.91 Å². The predicted octanol–water partition coefficient (Wildman–Crippen LogP) is 4.65. The quantitative estimate of drug-likeness (QED) is 0.482. The predicted molar refractivity (Wildman–Crippen MR) is 123 cm³/mol. The van der Waals surface area contributed by atoms with E-state index in [1.807, 2.05) is 78.9 Å². The number of aromatic amines is 1. The lowest BCUT2D eigenvalue weighted by atomic mass is 9.97. The van der Waals surface area contributed by atoms with E-state index in [1.165, 1.54) is 0 Å². The van der Waals surface area contributed by atoms with Gasteiger partial charge in [-0.25, -0.2) is 4.98 Å². The first-order chi connectivity index (χ1) is 15.1. The minimum Gasteiger partial charge on any atom is -0.331 e. The highest BCUT2D eigenvalue weighted by Crippen LogP contribution is 2.21. The average Bonchev–Trinajstić information content (AvgIpc) is 2.80. The molecular formula is C26H25N3O2. The van der Waals surface area contributed by atoms with Crippen LogP contribution in [-0.2, 0) is 17.9 Å². The molecule has 0 saturated carbocycles. The molecule has 31 heavy (non-hydrogen) atoms. The second-order valence-corrected chi connectivity index (χ2v) is 7.78. The Morgan fingerprint density at radius 1 is 0.903 bits per heavy atom. The van der Waals surface area contributed by atoms with E-state index in [2.05, 4.69) is 16.9 Å². The molecule has 0 bridgehead atoms. The number of hydrogen-bond donors (Lipinski definition) is 1. The summed E-state index contributed by atoms with van der Waals surface area (Å²) in [5.41, 5.74) is 2.61. The molecule has 1 aromatic heterocycles. The number of para-hydroxylation sites is 1. The van der Waals surface area contributed by atoms with Gasteiger partial charge in [0.15, 0.2) is 0 Å². The Morgan fingerprint density at radius 2 is 1.55 bits per heavy atom. The van der Waals surface area contributed by atoms with Gasteiger partial charge in [-0.15, -0.1) is 0 Å². The van der Waals surface area contributed by atoms with Crippen molar-refractivity contribution in [1.29, 1.82) is 0 Å². The zero-order valence-electron chi connectivity index (χ0n) is 17.5. The molecule has 0 fully saturated rings. The fourth-order valence-corrected chi connectivity index (χ4v) is 3.72. The third-order valence-corrected chi connectivity index (χ3v) is 5.42. The number of hydrogen-bond acceptors (Lipinski definition) is 3. The molecule has 0 spiro atoms. The molecule has 0 aliphatic heterocycles.